The van der Waals surface area contributed by atoms with E-state index in [1.165, 1.54) is 0 Å². The number of hydrogen-bond acceptors (Lipinski definition) is 3. The fourth-order valence-electron chi connectivity index (χ4n) is 2.17. The maximum absolute atomic E-state index is 11.5. The van der Waals surface area contributed by atoms with Crippen LogP contribution in [0.5, 0.6) is 0 Å². The summed E-state index contributed by atoms with van der Waals surface area (Å²) in [6, 6.07) is 0. The minimum atomic E-state index is -3.26. The average molecular weight is 206 g/mol. The molecular weight excluding hydrogens is 188 g/mol. The Labute approximate surface area is 80.6 Å². The normalized spacial score (nSPS) is 37.9. The molecule has 4 heteroatoms. The molecule has 3 nitrogen and oxygen atoms in total. The molecular formula is C9H18O3S. The van der Waals surface area contributed by atoms with Crippen LogP contribution in [-0.4, -0.2) is 19.8 Å². The summed E-state index contributed by atoms with van der Waals surface area (Å²) in [4.78, 5) is 0. The molecule has 0 spiro atoms. The molecule has 1 rings (SSSR count). The highest BCUT2D eigenvalue weighted by Crippen LogP contribution is 2.35. The molecule has 13 heavy (non-hydrogen) atoms. The molecule has 0 aromatic carbocycles. The van der Waals surface area contributed by atoms with E-state index in [1.807, 2.05) is 20.8 Å². The van der Waals surface area contributed by atoms with Crippen molar-refractivity contribution in [3.05, 3.63) is 0 Å². The lowest BCUT2D eigenvalue weighted by Crippen LogP contribution is -2.24. The standard InChI is InChI=1S/C9H18O3S/c1-4-7-8(5-2)12-13(10,11)9(7)6-3/h7-9H,4-6H2,1-3H3. The minimum Gasteiger partial charge on any atom is -0.266 e. The van der Waals surface area contributed by atoms with Gasteiger partial charge in [0.05, 0.1) is 11.4 Å². The second-order valence-electron chi connectivity index (χ2n) is 3.55. The van der Waals surface area contributed by atoms with Crippen molar-refractivity contribution >= 4 is 10.1 Å². The largest absolute Gasteiger partial charge is 0.270 e. The molecule has 3 unspecified atom stereocenters. The van der Waals surface area contributed by atoms with Crippen molar-refractivity contribution in [2.75, 3.05) is 0 Å². The van der Waals surface area contributed by atoms with Gasteiger partial charge in [0.25, 0.3) is 10.1 Å². The van der Waals surface area contributed by atoms with Gasteiger partial charge in [0, 0.05) is 5.92 Å². The lowest BCUT2D eigenvalue weighted by molar-refractivity contribution is 0.174. The first-order chi connectivity index (χ1) is 6.06. The molecule has 78 valence electrons. The second-order valence-corrected chi connectivity index (χ2v) is 5.34. The van der Waals surface area contributed by atoms with Gasteiger partial charge in [-0.25, -0.2) is 0 Å². The predicted molar refractivity (Wildman–Crippen MR) is 51.9 cm³/mol. The molecule has 0 aliphatic carbocycles. The molecule has 0 bridgehead atoms. The molecule has 0 amide bonds. The monoisotopic (exact) mass is 206 g/mol. The Bertz CT molecular complexity index is 258. The Balaban J connectivity index is 2.91. The van der Waals surface area contributed by atoms with Crippen LogP contribution in [-0.2, 0) is 14.3 Å². The van der Waals surface area contributed by atoms with Crippen molar-refractivity contribution in [2.24, 2.45) is 5.92 Å². The predicted octanol–water partition coefficient (Wildman–Crippen LogP) is 1.93. The summed E-state index contributed by atoms with van der Waals surface area (Å²) >= 11 is 0. The van der Waals surface area contributed by atoms with E-state index in [0.29, 0.717) is 6.42 Å². The second kappa shape index (κ2) is 3.96. The van der Waals surface area contributed by atoms with E-state index in [2.05, 4.69) is 0 Å². The maximum atomic E-state index is 11.5. The summed E-state index contributed by atoms with van der Waals surface area (Å²) in [5.41, 5.74) is 0. The van der Waals surface area contributed by atoms with Crippen molar-refractivity contribution < 1.29 is 12.6 Å². The molecule has 1 heterocycles. The van der Waals surface area contributed by atoms with Crippen molar-refractivity contribution in [1.29, 1.82) is 0 Å². The SMILES string of the molecule is CCC1OS(=O)(=O)C(CC)C1CC. The Morgan fingerprint density at radius 2 is 1.69 bits per heavy atom. The van der Waals surface area contributed by atoms with E-state index < -0.39 is 10.1 Å². The third kappa shape index (κ3) is 1.89. The number of hydrogen-bond donors (Lipinski definition) is 0. The van der Waals surface area contributed by atoms with Gasteiger partial charge in [-0.05, 0) is 19.3 Å². The Kier molecular flexibility index (Phi) is 3.35. The average Bonchev–Trinajstić information content (AvgIpc) is 2.35. The summed E-state index contributed by atoms with van der Waals surface area (Å²) in [6.07, 6.45) is 2.25. The molecule has 1 fully saturated rings. The zero-order valence-electron chi connectivity index (χ0n) is 8.49. The molecule has 0 aromatic heterocycles. The van der Waals surface area contributed by atoms with Crippen molar-refractivity contribution in [3.8, 4) is 0 Å². The van der Waals surface area contributed by atoms with Crippen molar-refractivity contribution in [2.45, 2.75) is 51.4 Å². The zero-order valence-corrected chi connectivity index (χ0v) is 9.30. The lowest BCUT2D eigenvalue weighted by Gasteiger charge is -2.16. The van der Waals surface area contributed by atoms with Crippen LogP contribution >= 0.6 is 0 Å². The third-order valence-electron chi connectivity index (χ3n) is 2.86. The van der Waals surface area contributed by atoms with Gasteiger partial charge in [-0.1, -0.05) is 20.8 Å². The van der Waals surface area contributed by atoms with Gasteiger partial charge in [0.2, 0.25) is 0 Å². The van der Waals surface area contributed by atoms with Crippen LogP contribution in [0.15, 0.2) is 0 Å². The summed E-state index contributed by atoms with van der Waals surface area (Å²) < 4.78 is 28.1. The molecule has 1 aliphatic rings. The summed E-state index contributed by atoms with van der Waals surface area (Å²) in [7, 11) is -3.26. The van der Waals surface area contributed by atoms with Gasteiger partial charge >= 0.3 is 0 Å². The Morgan fingerprint density at radius 3 is 2.08 bits per heavy atom. The lowest BCUT2D eigenvalue weighted by atomic mass is 9.92. The molecule has 0 aromatic rings. The fraction of sp³-hybridized carbons (Fsp3) is 1.00. The van der Waals surface area contributed by atoms with Gasteiger partial charge in [-0.2, -0.15) is 8.42 Å². The summed E-state index contributed by atoms with van der Waals surface area (Å²) in [6.45, 7) is 5.91. The zero-order chi connectivity index (χ0) is 10.1. The van der Waals surface area contributed by atoms with Crippen LogP contribution in [0.1, 0.15) is 40.0 Å². The van der Waals surface area contributed by atoms with E-state index in [-0.39, 0.29) is 17.3 Å². The summed E-state index contributed by atoms with van der Waals surface area (Å²) in [5, 5.41) is -0.276. The van der Waals surface area contributed by atoms with E-state index in [4.69, 9.17) is 4.18 Å². The van der Waals surface area contributed by atoms with E-state index in [1.54, 1.807) is 0 Å². The maximum Gasteiger partial charge on any atom is 0.270 e. The highest BCUT2D eigenvalue weighted by atomic mass is 32.2. The van der Waals surface area contributed by atoms with Gasteiger partial charge in [-0.3, -0.25) is 4.18 Å². The highest BCUT2D eigenvalue weighted by molar-refractivity contribution is 7.87. The van der Waals surface area contributed by atoms with Crippen LogP contribution in [0.2, 0.25) is 0 Å². The molecule has 0 radical (unpaired) electrons. The first-order valence-corrected chi connectivity index (χ1v) is 6.46. The first-order valence-electron chi connectivity index (χ1n) is 4.98. The number of rotatable bonds is 3. The van der Waals surface area contributed by atoms with Crippen molar-refractivity contribution in [3.63, 3.8) is 0 Å². The molecule has 0 saturated carbocycles. The third-order valence-corrected chi connectivity index (χ3v) is 4.80. The topological polar surface area (TPSA) is 43.4 Å². The first kappa shape index (κ1) is 11.0. The minimum absolute atomic E-state index is 0.0834. The van der Waals surface area contributed by atoms with Crippen LogP contribution in [0.4, 0.5) is 0 Å². The van der Waals surface area contributed by atoms with E-state index >= 15 is 0 Å². The van der Waals surface area contributed by atoms with Crippen LogP contribution in [0.3, 0.4) is 0 Å². The Morgan fingerprint density at radius 1 is 1.08 bits per heavy atom. The van der Waals surface area contributed by atoms with E-state index in [0.717, 1.165) is 12.8 Å². The highest BCUT2D eigenvalue weighted by Gasteiger charge is 2.45. The molecule has 3 atom stereocenters. The van der Waals surface area contributed by atoms with Crippen LogP contribution in [0.25, 0.3) is 0 Å². The van der Waals surface area contributed by atoms with Gasteiger partial charge < -0.3 is 0 Å². The molecule has 0 N–H and O–H groups in total. The smallest absolute Gasteiger partial charge is 0.266 e. The Hall–Kier alpha value is -0.0900. The van der Waals surface area contributed by atoms with Gasteiger partial charge in [-0.15, -0.1) is 0 Å². The molecule has 1 aliphatic heterocycles. The molecule has 1 saturated heterocycles. The van der Waals surface area contributed by atoms with Gasteiger partial charge in [0.1, 0.15) is 0 Å². The van der Waals surface area contributed by atoms with Crippen molar-refractivity contribution in [1.82, 2.24) is 0 Å². The van der Waals surface area contributed by atoms with Gasteiger partial charge in [0.15, 0.2) is 0 Å². The van der Waals surface area contributed by atoms with Crippen LogP contribution < -0.4 is 0 Å². The quantitative estimate of drug-likeness (QED) is 0.663. The van der Waals surface area contributed by atoms with E-state index in [9.17, 15) is 8.42 Å². The van der Waals surface area contributed by atoms with Crippen LogP contribution in [0, 0.1) is 5.92 Å². The fourth-order valence-corrected chi connectivity index (χ4v) is 4.14. The summed E-state index contributed by atoms with van der Waals surface area (Å²) in [5.74, 6) is 0.194.